The van der Waals surface area contributed by atoms with Gasteiger partial charge in [-0.25, -0.2) is 0 Å². The monoisotopic (exact) mass is 223 g/mol. The zero-order valence-electron chi connectivity index (χ0n) is 9.51. The predicted octanol–water partition coefficient (Wildman–Crippen LogP) is 1.03. The van der Waals surface area contributed by atoms with E-state index < -0.39 is 11.9 Å². The Bertz CT molecular complexity index is 348. The average Bonchev–Trinajstić information content (AvgIpc) is 2.74. The van der Waals surface area contributed by atoms with E-state index in [1.165, 1.54) is 0 Å². The Kier molecular flexibility index (Phi) is 2.74. The third-order valence-corrected chi connectivity index (χ3v) is 3.48. The summed E-state index contributed by atoms with van der Waals surface area (Å²) in [5.41, 5.74) is 0. The zero-order chi connectivity index (χ0) is 11.9. The number of aliphatic carboxylic acids is 1. The second-order valence-corrected chi connectivity index (χ2v) is 5.00. The van der Waals surface area contributed by atoms with Gasteiger partial charge in [0.05, 0.1) is 11.8 Å². The largest absolute Gasteiger partial charge is 0.481 e. The lowest BCUT2D eigenvalue weighted by Gasteiger charge is -2.24. The highest BCUT2D eigenvalue weighted by Crippen LogP contribution is 2.48. The molecule has 0 radical (unpaired) electrons. The molecule has 0 aromatic rings. The molecule has 2 aliphatic rings. The Morgan fingerprint density at radius 2 is 1.81 bits per heavy atom. The van der Waals surface area contributed by atoms with Crippen molar-refractivity contribution in [3.05, 3.63) is 12.2 Å². The van der Waals surface area contributed by atoms with Crippen molar-refractivity contribution in [3.8, 4) is 0 Å². The molecule has 88 valence electrons. The molecule has 16 heavy (non-hydrogen) atoms. The van der Waals surface area contributed by atoms with Crippen molar-refractivity contribution >= 4 is 11.9 Å². The number of rotatable bonds is 3. The summed E-state index contributed by atoms with van der Waals surface area (Å²) in [6, 6.07) is 0.0602. The van der Waals surface area contributed by atoms with E-state index in [9.17, 15) is 14.7 Å². The van der Waals surface area contributed by atoms with Crippen LogP contribution in [0.1, 0.15) is 20.3 Å². The Morgan fingerprint density at radius 1 is 1.25 bits per heavy atom. The second kappa shape index (κ2) is 3.92. The van der Waals surface area contributed by atoms with Crippen LogP contribution in [0, 0.1) is 23.7 Å². The van der Waals surface area contributed by atoms with E-state index in [-0.39, 0.29) is 29.7 Å². The quantitative estimate of drug-likeness (QED) is 0.702. The van der Waals surface area contributed by atoms with Crippen molar-refractivity contribution in [3.63, 3.8) is 0 Å². The van der Waals surface area contributed by atoms with Gasteiger partial charge in [-0.3, -0.25) is 9.59 Å². The van der Waals surface area contributed by atoms with Crippen molar-refractivity contribution in [2.75, 3.05) is 0 Å². The first-order valence-corrected chi connectivity index (χ1v) is 5.72. The highest BCUT2D eigenvalue weighted by Gasteiger charge is 2.51. The van der Waals surface area contributed by atoms with Gasteiger partial charge in [-0.05, 0) is 32.1 Å². The molecule has 4 heteroatoms. The average molecular weight is 223 g/mol. The highest BCUT2D eigenvalue weighted by atomic mass is 16.4. The summed E-state index contributed by atoms with van der Waals surface area (Å²) in [5, 5.41) is 12.0. The summed E-state index contributed by atoms with van der Waals surface area (Å²) < 4.78 is 0. The molecule has 4 nitrogen and oxygen atoms in total. The fraction of sp³-hybridized carbons (Fsp3) is 0.667. The second-order valence-electron chi connectivity index (χ2n) is 5.00. The number of carboxylic acids is 1. The molecular weight excluding hydrogens is 206 g/mol. The molecule has 2 bridgehead atoms. The van der Waals surface area contributed by atoms with Gasteiger partial charge in [-0.15, -0.1) is 0 Å². The molecule has 2 aliphatic carbocycles. The van der Waals surface area contributed by atoms with E-state index in [2.05, 4.69) is 5.32 Å². The lowest BCUT2D eigenvalue weighted by atomic mass is 9.82. The number of carbonyl (C=O) groups excluding carboxylic acids is 1. The molecule has 0 aromatic carbocycles. The number of hydrogen-bond acceptors (Lipinski definition) is 2. The predicted molar refractivity (Wildman–Crippen MR) is 58.6 cm³/mol. The Hall–Kier alpha value is -1.32. The van der Waals surface area contributed by atoms with Crippen LogP contribution in [-0.2, 0) is 9.59 Å². The van der Waals surface area contributed by atoms with Gasteiger partial charge in [0.1, 0.15) is 0 Å². The molecular formula is C12H17NO3. The first-order chi connectivity index (χ1) is 7.50. The van der Waals surface area contributed by atoms with Crippen molar-refractivity contribution < 1.29 is 14.7 Å². The number of carboxylic acid groups (broad SMARTS) is 1. The number of hydrogen-bond donors (Lipinski definition) is 2. The summed E-state index contributed by atoms with van der Waals surface area (Å²) in [7, 11) is 0. The van der Waals surface area contributed by atoms with E-state index >= 15 is 0 Å². The van der Waals surface area contributed by atoms with E-state index in [1.54, 1.807) is 0 Å². The number of allylic oxidation sites excluding steroid dienone is 2. The van der Waals surface area contributed by atoms with Crippen LogP contribution in [-0.4, -0.2) is 23.0 Å². The highest BCUT2D eigenvalue weighted by molar-refractivity contribution is 5.86. The molecule has 0 aliphatic heterocycles. The topological polar surface area (TPSA) is 66.4 Å². The van der Waals surface area contributed by atoms with Crippen LogP contribution in [0.4, 0.5) is 0 Å². The summed E-state index contributed by atoms with van der Waals surface area (Å²) >= 11 is 0. The molecule has 0 aromatic heterocycles. The number of carbonyl (C=O) groups is 2. The van der Waals surface area contributed by atoms with Crippen LogP contribution in [0.2, 0.25) is 0 Å². The van der Waals surface area contributed by atoms with Crippen LogP contribution >= 0.6 is 0 Å². The van der Waals surface area contributed by atoms with Gasteiger partial charge in [-0.2, -0.15) is 0 Å². The molecule has 2 unspecified atom stereocenters. The minimum atomic E-state index is -0.847. The van der Waals surface area contributed by atoms with Crippen LogP contribution in [0.15, 0.2) is 12.2 Å². The van der Waals surface area contributed by atoms with E-state index in [0.29, 0.717) is 0 Å². The van der Waals surface area contributed by atoms with E-state index in [4.69, 9.17) is 0 Å². The Morgan fingerprint density at radius 3 is 2.31 bits per heavy atom. The first kappa shape index (κ1) is 11.2. The molecule has 0 spiro atoms. The standard InChI is InChI=1S/C12H17NO3/c1-6(2)13-11(14)9-7-3-4-8(5-7)10(9)12(15)16/h3-4,6-10H,5H2,1-2H3,(H,13,14)(H,15,16)/t7?,8?,9-,10+/m0/s1. The molecule has 2 rings (SSSR count). The smallest absolute Gasteiger partial charge is 0.307 e. The van der Waals surface area contributed by atoms with Gasteiger partial charge in [0, 0.05) is 6.04 Å². The van der Waals surface area contributed by atoms with Gasteiger partial charge in [0.2, 0.25) is 5.91 Å². The molecule has 2 N–H and O–H groups in total. The maximum absolute atomic E-state index is 12.0. The number of amides is 1. The fourth-order valence-corrected chi connectivity index (χ4v) is 2.90. The number of fused-ring (bicyclic) bond motifs is 2. The third-order valence-electron chi connectivity index (χ3n) is 3.48. The molecule has 1 saturated carbocycles. The SMILES string of the molecule is CC(C)NC(=O)[C@H]1C2C=CC(C2)[C@H]1C(=O)O. The summed E-state index contributed by atoms with van der Waals surface area (Å²) in [6.45, 7) is 3.77. The van der Waals surface area contributed by atoms with Crippen LogP contribution < -0.4 is 5.32 Å². The van der Waals surface area contributed by atoms with Crippen LogP contribution in [0.5, 0.6) is 0 Å². The van der Waals surface area contributed by atoms with Gasteiger partial charge in [-0.1, -0.05) is 12.2 Å². The molecule has 1 fully saturated rings. The minimum Gasteiger partial charge on any atom is -0.481 e. The first-order valence-electron chi connectivity index (χ1n) is 5.72. The normalized spacial score (nSPS) is 35.7. The summed E-state index contributed by atoms with van der Waals surface area (Å²) in [5.74, 6) is -1.71. The van der Waals surface area contributed by atoms with Gasteiger partial charge < -0.3 is 10.4 Å². The molecule has 1 amide bonds. The minimum absolute atomic E-state index is 0.0467. The van der Waals surface area contributed by atoms with Crippen molar-refractivity contribution in [2.24, 2.45) is 23.7 Å². The molecule has 4 atom stereocenters. The number of nitrogens with one attached hydrogen (secondary N) is 1. The third kappa shape index (κ3) is 1.72. The van der Waals surface area contributed by atoms with Crippen LogP contribution in [0.25, 0.3) is 0 Å². The van der Waals surface area contributed by atoms with Crippen LogP contribution in [0.3, 0.4) is 0 Å². The molecule has 0 heterocycles. The van der Waals surface area contributed by atoms with E-state index in [0.717, 1.165) is 6.42 Å². The Balaban J connectivity index is 2.16. The molecule has 0 saturated heterocycles. The maximum Gasteiger partial charge on any atom is 0.307 e. The van der Waals surface area contributed by atoms with Gasteiger partial charge >= 0.3 is 5.97 Å². The van der Waals surface area contributed by atoms with E-state index in [1.807, 2.05) is 26.0 Å². The van der Waals surface area contributed by atoms with Crippen molar-refractivity contribution in [1.82, 2.24) is 5.32 Å². The van der Waals surface area contributed by atoms with Crippen molar-refractivity contribution in [1.29, 1.82) is 0 Å². The van der Waals surface area contributed by atoms with Gasteiger partial charge in [0.25, 0.3) is 0 Å². The fourth-order valence-electron chi connectivity index (χ4n) is 2.90. The van der Waals surface area contributed by atoms with Gasteiger partial charge in [0.15, 0.2) is 0 Å². The lowest BCUT2D eigenvalue weighted by Crippen LogP contribution is -2.42. The van der Waals surface area contributed by atoms with Crippen molar-refractivity contribution in [2.45, 2.75) is 26.3 Å². The maximum atomic E-state index is 12.0. The summed E-state index contributed by atoms with van der Waals surface area (Å²) in [6.07, 6.45) is 4.75. The Labute approximate surface area is 94.7 Å². The lowest BCUT2D eigenvalue weighted by molar-refractivity contribution is -0.147. The zero-order valence-corrected chi connectivity index (χ0v) is 9.51. The summed E-state index contributed by atoms with van der Waals surface area (Å²) in [4.78, 5) is 23.1.